The molecule has 0 bridgehead atoms. The fraction of sp³-hybridized carbons (Fsp3) is 0.304. The van der Waals surface area contributed by atoms with Gasteiger partial charge in [0.05, 0.1) is 11.6 Å². The minimum absolute atomic E-state index is 0.0350. The normalized spacial score (nSPS) is 16.3. The lowest BCUT2D eigenvalue weighted by Gasteiger charge is -2.31. The number of pyridine rings is 1. The standard InChI is InChI=1S/C23H25N5O2/c1-2-16-8-3-4-10-18(16)25-22(29)17-9-7-13-28(15-17)23(30)21-14-20(26-27-21)19-11-5-6-12-24-19/h3-6,8,10-12,14,17H,2,7,9,13,15H2,1H3,(H,25,29)(H,26,27)/t17-/m1/s1. The van der Waals surface area contributed by atoms with Crippen molar-refractivity contribution in [2.75, 3.05) is 18.4 Å². The molecule has 2 amide bonds. The molecule has 30 heavy (non-hydrogen) atoms. The van der Waals surface area contributed by atoms with Gasteiger partial charge in [0.1, 0.15) is 11.4 Å². The van der Waals surface area contributed by atoms with Gasteiger partial charge in [-0.3, -0.25) is 19.7 Å². The highest BCUT2D eigenvalue weighted by Gasteiger charge is 2.30. The number of hydrogen-bond acceptors (Lipinski definition) is 4. The van der Waals surface area contributed by atoms with E-state index in [0.29, 0.717) is 30.2 Å². The van der Waals surface area contributed by atoms with E-state index in [1.165, 1.54) is 0 Å². The molecule has 1 aliphatic rings. The minimum atomic E-state index is -0.231. The van der Waals surface area contributed by atoms with Crippen LogP contribution < -0.4 is 5.32 Å². The van der Waals surface area contributed by atoms with E-state index in [1.807, 2.05) is 42.5 Å². The molecule has 0 spiro atoms. The third-order valence-electron chi connectivity index (χ3n) is 5.47. The number of carbonyl (C=O) groups excluding carboxylic acids is 2. The second-order valence-corrected chi connectivity index (χ2v) is 7.47. The van der Waals surface area contributed by atoms with Crippen LogP contribution in [-0.2, 0) is 11.2 Å². The van der Waals surface area contributed by atoms with E-state index in [9.17, 15) is 9.59 Å². The van der Waals surface area contributed by atoms with Gasteiger partial charge in [0.15, 0.2) is 0 Å². The Kier molecular flexibility index (Phi) is 5.88. The summed E-state index contributed by atoms with van der Waals surface area (Å²) in [6, 6.07) is 15.1. The molecular weight excluding hydrogens is 378 g/mol. The Bertz CT molecular complexity index is 1030. The SMILES string of the molecule is CCc1ccccc1NC(=O)[C@@H]1CCCN(C(=O)c2cc(-c3ccccn3)n[nH]2)C1. The predicted molar refractivity (Wildman–Crippen MR) is 115 cm³/mol. The van der Waals surface area contributed by atoms with Gasteiger partial charge in [-0.15, -0.1) is 0 Å². The molecule has 1 atom stereocenters. The van der Waals surface area contributed by atoms with Crippen LogP contribution >= 0.6 is 0 Å². The summed E-state index contributed by atoms with van der Waals surface area (Å²) in [7, 11) is 0. The average Bonchev–Trinajstić information content (AvgIpc) is 3.30. The Balaban J connectivity index is 1.43. The van der Waals surface area contributed by atoms with Crippen LogP contribution in [0.2, 0.25) is 0 Å². The number of likely N-dealkylation sites (tertiary alicyclic amines) is 1. The maximum absolute atomic E-state index is 13.0. The summed E-state index contributed by atoms with van der Waals surface area (Å²) >= 11 is 0. The number of aromatic amines is 1. The van der Waals surface area contributed by atoms with Crippen molar-refractivity contribution in [2.24, 2.45) is 5.92 Å². The first-order valence-electron chi connectivity index (χ1n) is 10.3. The van der Waals surface area contributed by atoms with Crippen molar-refractivity contribution < 1.29 is 9.59 Å². The van der Waals surface area contributed by atoms with Crippen molar-refractivity contribution in [3.05, 3.63) is 66.0 Å². The van der Waals surface area contributed by atoms with Crippen LogP contribution in [0.3, 0.4) is 0 Å². The highest BCUT2D eigenvalue weighted by Crippen LogP contribution is 2.23. The molecule has 1 saturated heterocycles. The lowest BCUT2D eigenvalue weighted by molar-refractivity contribution is -0.121. The fourth-order valence-corrected chi connectivity index (χ4v) is 3.81. The predicted octanol–water partition coefficient (Wildman–Crippen LogP) is 3.53. The zero-order chi connectivity index (χ0) is 20.9. The minimum Gasteiger partial charge on any atom is -0.337 e. The Labute approximate surface area is 175 Å². The molecule has 0 saturated carbocycles. The molecular formula is C23H25N5O2. The van der Waals surface area contributed by atoms with E-state index in [1.54, 1.807) is 17.2 Å². The quantitative estimate of drug-likeness (QED) is 0.682. The third-order valence-corrected chi connectivity index (χ3v) is 5.47. The highest BCUT2D eigenvalue weighted by molar-refractivity contribution is 5.96. The maximum Gasteiger partial charge on any atom is 0.271 e. The number of benzene rings is 1. The molecule has 2 aromatic heterocycles. The summed E-state index contributed by atoms with van der Waals surface area (Å²) in [5.41, 5.74) is 3.70. The number of nitrogens with one attached hydrogen (secondary N) is 2. The number of aromatic nitrogens is 3. The zero-order valence-electron chi connectivity index (χ0n) is 17.0. The van der Waals surface area contributed by atoms with E-state index < -0.39 is 0 Å². The van der Waals surface area contributed by atoms with Crippen LogP contribution in [-0.4, -0.2) is 45.0 Å². The van der Waals surface area contributed by atoms with E-state index in [-0.39, 0.29) is 17.7 Å². The lowest BCUT2D eigenvalue weighted by atomic mass is 9.96. The molecule has 2 N–H and O–H groups in total. The van der Waals surface area contributed by atoms with E-state index in [2.05, 4.69) is 27.4 Å². The van der Waals surface area contributed by atoms with Gasteiger partial charge < -0.3 is 10.2 Å². The number of anilines is 1. The van der Waals surface area contributed by atoms with Gasteiger partial charge in [0.25, 0.3) is 5.91 Å². The first-order chi connectivity index (χ1) is 14.7. The summed E-state index contributed by atoms with van der Waals surface area (Å²) in [4.78, 5) is 31.8. The van der Waals surface area contributed by atoms with Crippen LogP contribution in [0.5, 0.6) is 0 Å². The smallest absolute Gasteiger partial charge is 0.271 e. The molecule has 0 aliphatic carbocycles. The summed E-state index contributed by atoms with van der Waals surface area (Å²) in [5, 5.41) is 10.1. The second kappa shape index (κ2) is 8.90. The third kappa shape index (κ3) is 4.25. The van der Waals surface area contributed by atoms with Gasteiger partial charge in [0.2, 0.25) is 5.91 Å². The van der Waals surface area contributed by atoms with Crippen LogP contribution in [0.4, 0.5) is 5.69 Å². The number of nitrogens with zero attached hydrogens (tertiary/aromatic N) is 3. The number of carbonyl (C=O) groups is 2. The van der Waals surface area contributed by atoms with Gasteiger partial charge >= 0.3 is 0 Å². The van der Waals surface area contributed by atoms with Gasteiger partial charge in [-0.1, -0.05) is 31.2 Å². The Hall–Kier alpha value is -3.48. The summed E-state index contributed by atoms with van der Waals surface area (Å²) in [6.07, 6.45) is 4.10. The van der Waals surface area contributed by atoms with Crippen LogP contribution in [0.15, 0.2) is 54.7 Å². The number of H-pyrrole nitrogens is 1. The van der Waals surface area contributed by atoms with E-state index in [4.69, 9.17) is 0 Å². The second-order valence-electron chi connectivity index (χ2n) is 7.47. The molecule has 0 unspecified atom stereocenters. The van der Waals surface area contributed by atoms with Crippen molar-refractivity contribution in [3.63, 3.8) is 0 Å². The first-order valence-corrected chi connectivity index (χ1v) is 10.3. The number of piperidine rings is 1. The zero-order valence-corrected chi connectivity index (χ0v) is 17.0. The highest BCUT2D eigenvalue weighted by atomic mass is 16.2. The van der Waals surface area contributed by atoms with E-state index in [0.717, 1.165) is 30.5 Å². The van der Waals surface area contributed by atoms with Gasteiger partial charge in [-0.2, -0.15) is 5.10 Å². The lowest BCUT2D eigenvalue weighted by Crippen LogP contribution is -2.44. The molecule has 1 aliphatic heterocycles. The van der Waals surface area contributed by atoms with Gasteiger partial charge in [-0.05, 0) is 49.1 Å². The van der Waals surface area contributed by atoms with Crippen molar-refractivity contribution in [3.8, 4) is 11.4 Å². The Morgan fingerprint density at radius 3 is 2.80 bits per heavy atom. The largest absolute Gasteiger partial charge is 0.337 e. The van der Waals surface area contributed by atoms with Crippen molar-refractivity contribution in [1.29, 1.82) is 0 Å². The molecule has 1 aromatic carbocycles. The topological polar surface area (TPSA) is 91.0 Å². The maximum atomic E-state index is 13.0. The number of hydrogen-bond donors (Lipinski definition) is 2. The van der Waals surface area contributed by atoms with Crippen LogP contribution in [0.25, 0.3) is 11.4 Å². The molecule has 1 fully saturated rings. The molecule has 3 aromatic rings. The van der Waals surface area contributed by atoms with Crippen molar-refractivity contribution in [2.45, 2.75) is 26.2 Å². The van der Waals surface area contributed by atoms with Crippen LogP contribution in [0, 0.1) is 5.92 Å². The number of rotatable bonds is 5. The number of amides is 2. The summed E-state index contributed by atoms with van der Waals surface area (Å²) in [6.45, 7) is 3.10. The summed E-state index contributed by atoms with van der Waals surface area (Å²) in [5.74, 6) is -0.408. The monoisotopic (exact) mass is 403 g/mol. The van der Waals surface area contributed by atoms with Gasteiger partial charge in [-0.25, -0.2) is 0 Å². The summed E-state index contributed by atoms with van der Waals surface area (Å²) < 4.78 is 0. The Morgan fingerprint density at radius 1 is 1.17 bits per heavy atom. The molecule has 154 valence electrons. The number of para-hydroxylation sites is 1. The molecule has 4 rings (SSSR count). The van der Waals surface area contributed by atoms with Gasteiger partial charge in [0, 0.05) is 25.0 Å². The molecule has 7 heteroatoms. The fourth-order valence-electron chi connectivity index (χ4n) is 3.81. The first kappa shape index (κ1) is 19.8. The average molecular weight is 403 g/mol. The van der Waals surface area contributed by atoms with E-state index >= 15 is 0 Å². The molecule has 0 radical (unpaired) electrons. The van der Waals surface area contributed by atoms with Crippen molar-refractivity contribution >= 4 is 17.5 Å². The Morgan fingerprint density at radius 2 is 2.00 bits per heavy atom. The number of aryl methyl sites for hydroxylation is 1. The van der Waals surface area contributed by atoms with Crippen molar-refractivity contribution in [1.82, 2.24) is 20.1 Å². The molecule has 3 heterocycles. The molecule has 7 nitrogen and oxygen atoms in total. The van der Waals surface area contributed by atoms with Crippen LogP contribution in [0.1, 0.15) is 35.8 Å².